The van der Waals surface area contributed by atoms with E-state index in [1.807, 2.05) is 0 Å². The van der Waals surface area contributed by atoms with Gasteiger partial charge >= 0.3 is 0 Å². The van der Waals surface area contributed by atoms with Crippen LogP contribution in [-0.4, -0.2) is 43.7 Å². The van der Waals surface area contributed by atoms with Crippen LogP contribution >= 0.6 is 0 Å². The van der Waals surface area contributed by atoms with Crippen LogP contribution in [0.25, 0.3) is 0 Å². The average Bonchev–Trinajstić information content (AvgIpc) is 2.61. The SMILES string of the molecule is C=CC[Si](CC=C)(N(C)C1CCCCC1)N(C)C1CCCCC1. The van der Waals surface area contributed by atoms with Crippen LogP contribution in [0.4, 0.5) is 0 Å². The quantitative estimate of drug-likeness (QED) is 0.437. The highest BCUT2D eigenvalue weighted by atomic mass is 28.3. The molecule has 0 aromatic carbocycles. The van der Waals surface area contributed by atoms with E-state index in [1.165, 1.54) is 76.3 Å². The molecule has 2 nitrogen and oxygen atoms in total. The number of allylic oxidation sites excluding steroid dienone is 2. The number of nitrogens with zero attached hydrogens (tertiary/aromatic N) is 2. The maximum Gasteiger partial charge on any atom is 0.214 e. The monoisotopic (exact) mass is 334 g/mol. The van der Waals surface area contributed by atoms with Gasteiger partial charge in [-0.2, -0.15) is 0 Å². The van der Waals surface area contributed by atoms with Gasteiger partial charge in [-0.15, -0.1) is 13.2 Å². The minimum atomic E-state index is -1.75. The second-order valence-electron chi connectivity index (χ2n) is 7.77. The minimum absolute atomic E-state index is 0.779. The van der Waals surface area contributed by atoms with Crippen molar-refractivity contribution in [3.8, 4) is 0 Å². The maximum atomic E-state index is 4.13. The lowest BCUT2D eigenvalue weighted by Gasteiger charge is -2.52. The summed E-state index contributed by atoms with van der Waals surface area (Å²) in [5.41, 5.74) is 0. The standard InChI is InChI=1S/C20H38N2Si/c1-5-17-23(18-6-2,21(3)19-13-9-7-10-14-19)22(4)20-15-11-8-12-16-20/h5-6,19-20H,1-2,7-18H2,3-4H3. The highest BCUT2D eigenvalue weighted by molar-refractivity contribution is 6.75. The first kappa shape index (κ1) is 18.9. The van der Waals surface area contributed by atoms with Crippen molar-refractivity contribution in [2.75, 3.05) is 14.1 Å². The Hall–Kier alpha value is -0.383. The molecule has 0 aromatic rings. The Morgan fingerprint density at radius 2 is 1.09 bits per heavy atom. The molecule has 0 atom stereocenters. The Bertz CT molecular complexity index is 334. The summed E-state index contributed by atoms with van der Waals surface area (Å²) in [7, 11) is 3.10. The van der Waals surface area contributed by atoms with Gasteiger partial charge in [0.25, 0.3) is 0 Å². The summed E-state index contributed by atoms with van der Waals surface area (Å²) in [5, 5.41) is 0. The smallest absolute Gasteiger partial charge is 0.214 e. The minimum Gasteiger partial charge on any atom is -0.311 e. The fourth-order valence-electron chi connectivity index (χ4n) is 4.99. The number of rotatable bonds is 8. The summed E-state index contributed by atoms with van der Waals surface area (Å²) in [4.78, 5) is 0. The molecule has 23 heavy (non-hydrogen) atoms. The molecule has 2 rings (SSSR count). The van der Waals surface area contributed by atoms with Gasteiger partial charge in [-0.05, 0) is 51.9 Å². The van der Waals surface area contributed by atoms with Crippen LogP contribution in [0.2, 0.25) is 12.1 Å². The van der Waals surface area contributed by atoms with Crippen molar-refractivity contribution in [3.63, 3.8) is 0 Å². The molecule has 2 fully saturated rings. The molecule has 0 bridgehead atoms. The van der Waals surface area contributed by atoms with Crippen LogP contribution in [0.5, 0.6) is 0 Å². The summed E-state index contributed by atoms with van der Waals surface area (Å²) in [6.45, 7) is 8.26. The second-order valence-corrected chi connectivity index (χ2v) is 12.0. The van der Waals surface area contributed by atoms with E-state index in [9.17, 15) is 0 Å². The number of hydrogen-bond donors (Lipinski definition) is 0. The zero-order valence-corrected chi connectivity index (χ0v) is 16.6. The summed E-state index contributed by atoms with van der Waals surface area (Å²) in [6.07, 6.45) is 18.4. The topological polar surface area (TPSA) is 6.48 Å². The zero-order valence-electron chi connectivity index (χ0n) is 15.6. The molecule has 2 saturated carbocycles. The van der Waals surface area contributed by atoms with Gasteiger partial charge in [0.05, 0.1) is 0 Å². The molecular formula is C20H38N2Si. The first-order valence-corrected chi connectivity index (χ1v) is 12.1. The fraction of sp³-hybridized carbons (Fsp3) is 0.800. The van der Waals surface area contributed by atoms with E-state index in [2.05, 4.69) is 48.5 Å². The molecule has 0 radical (unpaired) electrons. The van der Waals surface area contributed by atoms with Crippen LogP contribution < -0.4 is 0 Å². The Morgan fingerprint density at radius 3 is 1.39 bits per heavy atom. The van der Waals surface area contributed by atoms with E-state index >= 15 is 0 Å². The van der Waals surface area contributed by atoms with Crippen molar-refractivity contribution < 1.29 is 0 Å². The highest BCUT2D eigenvalue weighted by Gasteiger charge is 2.45. The Kier molecular flexibility index (Phi) is 7.57. The summed E-state index contributed by atoms with van der Waals surface area (Å²) < 4.78 is 5.67. The third-order valence-corrected chi connectivity index (χ3v) is 11.7. The Labute approximate surface area is 145 Å². The van der Waals surface area contributed by atoms with E-state index in [0.717, 1.165) is 12.1 Å². The molecule has 0 unspecified atom stereocenters. The molecule has 0 spiro atoms. The molecule has 0 saturated heterocycles. The van der Waals surface area contributed by atoms with Gasteiger partial charge in [0.15, 0.2) is 0 Å². The van der Waals surface area contributed by atoms with Gasteiger partial charge in [0.2, 0.25) is 8.40 Å². The van der Waals surface area contributed by atoms with Crippen LogP contribution in [0.1, 0.15) is 64.2 Å². The van der Waals surface area contributed by atoms with Gasteiger partial charge in [-0.1, -0.05) is 50.7 Å². The predicted octanol–water partition coefficient (Wildman–Crippen LogP) is 5.33. The van der Waals surface area contributed by atoms with Gasteiger partial charge in [-0.3, -0.25) is 0 Å². The molecule has 0 heterocycles. The first-order valence-electron chi connectivity index (χ1n) is 9.83. The largest absolute Gasteiger partial charge is 0.311 e. The summed E-state index contributed by atoms with van der Waals surface area (Å²) in [5.74, 6) is 0. The highest BCUT2D eigenvalue weighted by Crippen LogP contribution is 2.35. The van der Waals surface area contributed by atoms with Crippen LogP contribution in [0, 0.1) is 0 Å². The Balaban J connectivity index is 2.24. The van der Waals surface area contributed by atoms with Gasteiger partial charge in [0.1, 0.15) is 0 Å². The van der Waals surface area contributed by atoms with Crippen LogP contribution in [0.3, 0.4) is 0 Å². The first-order chi connectivity index (χ1) is 11.2. The molecule has 0 amide bonds. The third-order valence-electron chi connectivity index (χ3n) is 6.50. The van der Waals surface area contributed by atoms with E-state index < -0.39 is 8.40 Å². The van der Waals surface area contributed by atoms with Crippen molar-refractivity contribution in [1.82, 2.24) is 9.13 Å². The average molecular weight is 335 g/mol. The molecule has 2 aliphatic carbocycles. The second kappa shape index (κ2) is 9.19. The fourth-order valence-corrected chi connectivity index (χ4v) is 9.60. The normalized spacial score (nSPS) is 21.7. The van der Waals surface area contributed by atoms with Crippen LogP contribution in [0.15, 0.2) is 25.3 Å². The van der Waals surface area contributed by atoms with Crippen molar-refractivity contribution >= 4 is 8.40 Å². The summed E-state index contributed by atoms with van der Waals surface area (Å²) >= 11 is 0. The van der Waals surface area contributed by atoms with Crippen LogP contribution in [-0.2, 0) is 0 Å². The van der Waals surface area contributed by atoms with Gasteiger partial charge < -0.3 is 9.13 Å². The molecular weight excluding hydrogens is 296 g/mol. The molecule has 0 N–H and O–H groups in total. The lowest BCUT2D eigenvalue weighted by atomic mass is 9.96. The van der Waals surface area contributed by atoms with Crippen molar-refractivity contribution in [1.29, 1.82) is 0 Å². The molecule has 0 aliphatic heterocycles. The third kappa shape index (κ3) is 4.37. The Morgan fingerprint density at radius 1 is 0.739 bits per heavy atom. The van der Waals surface area contributed by atoms with E-state index in [4.69, 9.17) is 0 Å². The van der Waals surface area contributed by atoms with Crippen molar-refractivity contribution in [3.05, 3.63) is 25.3 Å². The van der Waals surface area contributed by atoms with Crippen molar-refractivity contribution in [2.45, 2.75) is 88.4 Å². The maximum absolute atomic E-state index is 4.13. The lowest BCUT2D eigenvalue weighted by Crippen LogP contribution is -2.67. The van der Waals surface area contributed by atoms with Crippen molar-refractivity contribution in [2.24, 2.45) is 0 Å². The molecule has 132 valence electrons. The van der Waals surface area contributed by atoms with E-state index in [1.54, 1.807) is 0 Å². The zero-order chi connectivity index (χ0) is 16.7. The van der Waals surface area contributed by atoms with Gasteiger partial charge in [0, 0.05) is 12.1 Å². The number of hydrogen-bond acceptors (Lipinski definition) is 2. The molecule has 0 aromatic heterocycles. The molecule has 3 heteroatoms. The van der Waals surface area contributed by atoms with Gasteiger partial charge in [-0.25, -0.2) is 0 Å². The predicted molar refractivity (Wildman–Crippen MR) is 105 cm³/mol. The van der Waals surface area contributed by atoms with E-state index in [0.29, 0.717) is 0 Å². The summed E-state index contributed by atoms with van der Waals surface area (Å²) in [6, 6.07) is 3.89. The lowest BCUT2D eigenvalue weighted by molar-refractivity contribution is 0.215. The molecule has 2 aliphatic rings. The van der Waals surface area contributed by atoms with E-state index in [-0.39, 0.29) is 0 Å².